The van der Waals surface area contributed by atoms with Crippen LogP contribution in [0.4, 0.5) is 0 Å². The Labute approximate surface area is 81.9 Å². The van der Waals surface area contributed by atoms with Gasteiger partial charge in [0.25, 0.3) is 0 Å². The molecule has 0 unspecified atom stereocenters. The molecule has 0 bridgehead atoms. The van der Waals surface area contributed by atoms with Crippen LogP contribution in [0.5, 0.6) is 0 Å². The molecule has 4 heteroatoms. The van der Waals surface area contributed by atoms with E-state index in [-0.39, 0.29) is 0 Å². The minimum atomic E-state index is -1.23. The topological polar surface area (TPSA) is 80.3 Å². The van der Waals surface area contributed by atoms with Crippen LogP contribution in [0.1, 0.15) is 12.8 Å². The standard InChI is InChI=1S/C10H12O4/c11-9(12)7-5-3-1-2-4-6-8-10(13)14/h1-2,5-8H,3-4H2,(H,11,12)(H,13,14)/p-2. The molecule has 0 heterocycles. The van der Waals surface area contributed by atoms with Gasteiger partial charge in [0.1, 0.15) is 0 Å². The molecular formula is C10H10O4-2. The summed E-state index contributed by atoms with van der Waals surface area (Å²) in [5.41, 5.74) is 0. The zero-order chi connectivity index (χ0) is 10.8. The van der Waals surface area contributed by atoms with E-state index in [0.717, 1.165) is 12.2 Å². The SMILES string of the molecule is O=C([O-])C=CCC=CCC=CC(=O)[O-]. The van der Waals surface area contributed by atoms with Crippen molar-refractivity contribution in [1.29, 1.82) is 0 Å². The molecule has 0 rings (SSSR count). The fourth-order valence-corrected chi connectivity index (χ4v) is 0.678. The Bertz CT molecular complexity index is 246. The van der Waals surface area contributed by atoms with Crippen molar-refractivity contribution in [2.45, 2.75) is 12.8 Å². The van der Waals surface area contributed by atoms with E-state index in [9.17, 15) is 19.8 Å². The van der Waals surface area contributed by atoms with Crippen molar-refractivity contribution in [3.63, 3.8) is 0 Å². The van der Waals surface area contributed by atoms with Crippen molar-refractivity contribution in [1.82, 2.24) is 0 Å². The maximum absolute atomic E-state index is 9.90. The van der Waals surface area contributed by atoms with Crippen LogP contribution in [-0.2, 0) is 9.59 Å². The Balaban J connectivity index is 3.55. The van der Waals surface area contributed by atoms with E-state index in [1.807, 2.05) is 0 Å². The Morgan fingerprint density at radius 3 is 1.43 bits per heavy atom. The molecule has 0 radical (unpaired) electrons. The summed E-state index contributed by atoms with van der Waals surface area (Å²) in [6.07, 6.45) is 9.17. The molecule has 0 aromatic carbocycles. The molecule has 0 fully saturated rings. The first kappa shape index (κ1) is 12.2. The lowest BCUT2D eigenvalue weighted by Crippen LogP contribution is -2.18. The van der Waals surface area contributed by atoms with Gasteiger partial charge in [0.05, 0.1) is 11.9 Å². The van der Waals surface area contributed by atoms with Crippen molar-refractivity contribution in [2.75, 3.05) is 0 Å². The summed E-state index contributed by atoms with van der Waals surface area (Å²) in [5.74, 6) is -2.45. The van der Waals surface area contributed by atoms with Gasteiger partial charge in [0, 0.05) is 0 Å². The maximum atomic E-state index is 9.90. The van der Waals surface area contributed by atoms with Gasteiger partial charge < -0.3 is 19.8 Å². The number of carbonyl (C=O) groups is 2. The number of carbonyl (C=O) groups excluding carboxylic acids is 2. The zero-order valence-corrected chi connectivity index (χ0v) is 7.51. The molecular weight excluding hydrogens is 184 g/mol. The highest BCUT2D eigenvalue weighted by molar-refractivity contribution is 5.77. The fourth-order valence-electron chi connectivity index (χ4n) is 0.678. The predicted molar refractivity (Wildman–Crippen MR) is 46.7 cm³/mol. The Hall–Kier alpha value is -1.84. The minimum Gasteiger partial charge on any atom is -0.545 e. The lowest BCUT2D eigenvalue weighted by Gasteiger charge is -1.89. The summed E-state index contributed by atoms with van der Waals surface area (Å²) in [6, 6.07) is 0. The molecule has 0 atom stereocenters. The van der Waals surface area contributed by atoms with Crippen LogP contribution in [0.2, 0.25) is 0 Å². The Morgan fingerprint density at radius 2 is 1.14 bits per heavy atom. The van der Waals surface area contributed by atoms with Crippen molar-refractivity contribution in [2.24, 2.45) is 0 Å². The summed E-state index contributed by atoms with van der Waals surface area (Å²) in [7, 11) is 0. The minimum absolute atomic E-state index is 0.479. The summed E-state index contributed by atoms with van der Waals surface area (Å²) in [6.45, 7) is 0. The highest BCUT2D eigenvalue weighted by atomic mass is 16.4. The first-order valence-corrected chi connectivity index (χ1v) is 4.03. The van der Waals surface area contributed by atoms with Gasteiger partial charge in [-0.05, 0) is 25.0 Å². The van der Waals surface area contributed by atoms with Crippen LogP contribution in [0.3, 0.4) is 0 Å². The number of aliphatic carboxylic acids is 2. The molecule has 0 aliphatic carbocycles. The van der Waals surface area contributed by atoms with Crippen molar-refractivity contribution in [3.05, 3.63) is 36.5 Å². The molecule has 0 N–H and O–H groups in total. The number of allylic oxidation sites excluding steroid dienone is 4. The van der Waals surface area contributed by atoms with Gasteiger partial charge in [-0.2, -0.15) is 0 Å². The number of carboxylic acids is 2. The quantitative estimate of drug-likeness (QED) is 0.398. The van der Waals surface area contributed by atoms with E-state index in [0.29, 0.717) is 12.8 Å². The second kappa shape index (κ2) is 7.79. The third kappa shape index (κ3) is 10.2. The molecule has 4 nitrogen and oxygen atoms in total. The van der Waals surface area contributed by atoms with Gasteiger partial charge in [-0.25, -0.2) is 0 Å². The normalized spacial score (nSPS) is 11.7. The summed E-state index contributed by atoms with van der Waals surface area (Å²) in [5, 5.41) is 19.8. The zero-order valence-electron chi connectivity index (χ0n) is 7.51. The summed E-state index contributed by atoms with van der Waals surface area (Å²) in [4.78, 5) is 19.8. The van der Waals surface area contributed by atoms with E-state index < -0.39 is 11.9 Å². The van der Waals surface area contributed by atoms with E-state index in [2.05, 4.69) is 0 Å². The number of hydrogen-bond acceptors (Lipinski definition) is 4. The maximum Gasteiger partial charge on any atom is 0.0639 e. The highest BCUT2D eigenvalue weighted by Crippen LogP contribution is 1.90. The number of rotatable bonds is 6. The van der Waals surface area contributed by atoms with E-state index in [1.54, 1.807) is 12.2 Å². The van der Waals surface area contributed by atoms with Crippen molar-refractivity contribution >= 4 is 11.9 Å². The summed E-state index contributed by atoms with van der Waals surface area (Å²) >= 11 is 0. The number of carboxylic acid groups (broad SMARTS) is 2. The van der Waals surface area contributed by atoms with Crippen LogP contribution in [0.15, 0.2) is 36.5 Å². The molecule has 0 aliphatic heterocycles. The molecule has 0 spiro atoms. The second-order valence-corrected chi connectivity index (χ2v) is 2.39. The van der Waals surface area contributed by atoms with Crippen LogP contribution in [0.25, 0.3) is 0 Å². The number of hydrogen-bond donors (Lipinski definition) is 0. The molecule has 0 saturated heterocycles. The van der Waals surface area contributed by atoms with Crippen LogP contribution in [-0.4, -0.2) is 11.9 Å². The van der Waals surface area contributed by atoms with E-state index in [1.165, 1.54) is 12.2 Å². The molecule has 14 heavy (non-hydrogen) atoms. The molecule has 0 saturated carbocycles. The molecule has 0 aromatic heterocycles. The average Bonchev–Trinajstić information content (AvgIpc) is 2.08. The van der Waals surface area contributed by atoms with E-state index >= 15 is 0 Å². The first-order valence-electron chi connectivity index (χ1n) is 4.03. The van der Waals surface area contributed by atoms with Crippen LogP contribution >= 0.6 is 0 Å². The third-order valence-corrected chi connectivity index (χ3v) is 1.22. The molecule has 0 aliphatic rings. The molecule has 0 amide bonds. The third-order valence-electron chi connectivity index (χ3n) is 1.22. The monoisotopic (exact) mass is 194 g/mol. The van der Waals surface area contributed by atoms with Gasteiger partial charge in [0.2, 0.25) is 0 Å². The summed E-state index contributed by atoms with van der Waals surface area (Å²) < 4.78 is 0. The smallest absolute Gasteiger partial charge is 0.0639 e. The van der Waals surface area contributed by atoms with Gasteiger partial charge in [-0.15, -0.1) is 0 Å². The van der Waals surface area contributed by atoms with Gasteiger partial charge in [0.15, 0.2) is 0 Å². The molecule has 76 valence electrons. The van der Waals surface area contributed by atoms with Crippen LogP contribution < -0.4 is 10.2 Å². The second-order valence-electron chi connectivity index (χ2n) is 2.39. The van der Waals surface area contributed by atoms with Crippen molar-refractivity contribution < 1.29 is 19.8 Å². The fraction of sp³-hybridized carbons (Fsp3) is 0.200. The highest BCUT2D eigenvalue weighted by Gasteiger charge is 1.74. The van der Waals surface area contributed by atoms with Crippen molar-refractivity contribution in [3.8, 4) is 0 Å². The average molecular weight is 194 g/mol. The van der Waals surface area contributed by atoms with Gasteiger partial charge >= 0.3 is 0 Å². The Morgan fingerprint density at radius 1 is 0.786 bits per heavy atom. The van der Waals surface area contributed by atoms with Crippen LogP contribution in [0, 0.1) is 0 Å². The van der Waals surface area contributed by atoms with Gasteiger partial charge in [-0.1, -0.05) is 24.3 Å². The lowest BCUT2D eigenvalue weighted by molar-refractivity contribution is -0.298. The predicted octanol–water partition coefficient (Wildman–Crippen LogP) is -1.06. The largest absolute Gasteiger partial charge is 0.545 e. The van der Waals surface area contributed by atoms with E-state index in [4.69, 9.17) is 0 Å². The molecule has 0 aromatic rings. The first-order chi connectivity index (χ1) is 6.63. The lowest BCUT2D eigenvalue weighted by atomic mass is 10.3. The Kier molecular flexibility index (Phi) is 6.77. The van der Waals surface area contributed by atoms with Gasteiger partial charge in [-0.3, -0.25) is 0 Å².